The summed E-state index contributed by atoms with van der Waals surface area (Å²) in [6.45, 7) is 9.07. The van der Waals surface area contributed by atoms with E-state index < -0.39 is 5.60 Å². The van der Waals surface area contributed by atoms with E-state index in [1.165, 1.54) is 44.1 Å². The first-order chi connectivity index (χ1) is 10.8. The summed E-state index contributed by atoms with van der Waals surface area (Å²) in [5.74, 6) is 2.88. The first-order valence-corrected chi connectivity index (χ1v) is 9.72. The zero-order valence-electron chi connectivity index (χ0n) is 15.8. The van der Waals surface area contributed by atoms with Crippen LogP contribution in [0.3, 0.4) is 0 Å². The van der Waals surface area contributed by atoms with Crippen LogP contribution in [0.1, 0.15) is 72.6 Å². The van der Waals surface area contributed by atoms with Gasteiger partial charge in [-0.2, -0.15) is 0 Å². The number of aliphatic hydroxyl groups is 1. The monoisotopic (exact) mass is 320 g/mol. The maximum atomic E-state index is 10.4. The number of hydrogen-bond acceptors (Lipinski definition) is 2. The Kier molecular flexibility index (Phi) is 4.70. The van der Waals surface area contributed by atoms with Gasteiger partial charge in [-0.05, 0) is 87.0 Å². The highest BCUT2D eigenvalue weighted by Gasteiger charge is 2.53. The molecule has 0 aromatic heterocycles. The molecule has 0 saturated heterocycles. The molecule has 0 aromatic carbocycles. The van der Waals surface area contributed by atoms with E-state index in [4.69, 9.17) is 4.74 Å². The lowest BCUT2D eigenvalue weighted by molar-refractivity contribution is -0.0510. The Morgan fingerprint density at radius 2 is 2.04 bits per heavy atom. The Hall–Kier alpha value is -0.340. The van der Waals surface area contributed by atoms with Gasteiger partial charge in [0.05, 0.1) is 11.7 Å². The SMILES string of the molecule is COC1CCCC2(C)C(C(C)CC3C=C(C)C(C)(O)C3)CCC12. The standard InChI is InChI=1S/C21H36O2/c1-14(11-16-12-15(2)21(4,22)13-16)17-8-9-18-19(23-5)7-6-10-20(17,18)3/h12,14,16-19,22H,6-11,13H2,1-5H3. The number of methoxy groups -OCH3 is 1. The van der Waals surface area contributed by atoms with Gasteiger partial charge in [0.1, 0.15) is 0 Å². The maximum Gasteiger partial charge on any atom is 0.0831 e. The van der Waals surface area contributed by atoms with Gasteiger partial charge in [-0.3, -0.25) is 0 Å². The van der Waals surface area contributed by atoms with Crippen molar-refractivity contribution < 1.29 is 9.84 Å². The molecule has 7 unspecified atom stereocenters. The second-order valence-corrected chi connectivity index (χ2v) is 9.26. The summed E-state index contributed by atoms with van der Waals surface area (Å²) in [5, 5.41) is 10.4. The fourth-order valence-electron chi connectivity index (χ4n) is 6.43. The van der Waals surface area contributed by atoms with E-state index in [2.05, 4.69) is 26.8 Å². The average molecular weight is 321 g/mol. The molecule has 2 nitrogen and oxygen atoms in total. The molecule has 7 atom stereocenters. The number of allylic oxidation sites excluding steroid dienone is 1. The molecule has 0 aliphatic heterocycles. The van der Waals surface area contributed by atoms with Crippen LogP contribution < -0.4 is 0 Å². The first-order valence-electron chi connectivity index (χ1n) is 9.72. The topological polar surface area (TPSA) is 29.5 Å². The Bertz CT molecular complexity index is 466. The van der Waals surface area contributed by atoms with Gasteiger partial charge in [-0.25, -0.2) is 0 Å². The maximum absolute atomic E-state index is 10.4. The number of fused-ring (bicyclic) bond motifs is 1. The van der Waals surface area contributed by atoms with Crippen molar-refractivity contribution in [1.82, 2.24) is 0 Å². The van der Waals surface area contributed by atoms with E-state index in [-0.39, 0.29) is 0 Å². The minimum atomic E-state index is -0.571. The quantitative estimate of drug-likeness (QED) is 0.742. The summed E-state index contributed by atoms with van der Waals surface area (Å²) in [6.07, 6.45) is 11.6. The molecule has 3 rings (SSSR count). The third kappa shape index (κ3) is 3.02. The van der Waals surface area contributed by atoms with Crippen LogP contribution in [-0.4, -0.2) is 23.9 Å². The molecule has 2 saturated carbocycles. The Morgan fingerprint density at radius 3 is 2.65 bits per heavy atom. The highest BCUT2D eigenvalue weighted by molar-refractivity contribution is 5.21. The summed E-state index contributed by atoms with van der Waals surface area (Å²) >= 11 is 0. The fourth-order valence-corrected chi connectivity index (χ4v) is 6.43. The third-order valence-electron chi connectivity index (χ3n) is 7.79. The van der Waals surface area contributed by atoms with Gasteiger partial charge in [-0.15, -0.1) is 0 Å². The van der Waals surface area contributed by atoms with Crippen molar-refractivity contribution in [2.45, 2.75) is 84.3 Å². The molecule has 3 aliphatic rings. The summed E-state index contributed by atoms with van der Waals surface area (Å²) in [7, 11) is 1.90. The smallest absolute Gasteiger partial charge is 0.0831 e. The largest absolute Gasteiger partial charge is 0.386 e. The first kappa shape index (κ1) is 17.5. The summed E-state index contributed by atoms with van der Waals surface area (Å²) < 4.78 is 5.83. The molecule has 23 heavy (non-hydrogen) atoms. The highest BCUT2D eigenvalue weighted by Crippen LogP contribution is 2.59. The minimum absolute atomic E-state index is 0.470. The van der Waals surface area contributed by atoms with E-state index in [1.807, 2.05) is 14.0 Å². The molecule has 0 heterocycles. The zero-order chi connectivity index (χ0) is 16.8. The Labute approximate surface area is 142 Å². The van der Waals surface area contributed by atoms with Gasteiger partial charge in [0.2, 0.25) is 0 Å². The predicted molar refractivity (Wildman–Crippen MR) is 95.2 cm³/mol. The Morgan fingerprint density at radius 1 is 1.30 bits per heavy atom. The van der Waals surface area contributed by atoms with Gasteiger partial charge >= 0.3 is 0 Å². The summed E-state index contributed by atoms with van der Waals surface area (Å²) in [5.41, 5.74) is 1.07. The lowest BCUT2D eigenvalue weighted by Crippen LogP contribution is -2.42. The van der Waals surface area contributed by atoms with Gasteiger partial charge < -0.3 is 9.84 Å². The number of rotatable bonds is 4. The second kappa shape index (κ2) is 6.19. The number of ether oxygens (including phenoxy) is 1. The molecule has 2 heteroatoms. The van der Waals surface area contributed by atoms with Gasteiger partial charge in [0.25, 0.3) is 0 Å². The van der Waals surface area contributed by atoms with Crippen LogP contribution >= 0.6 is 0 Å². The predicted octanol–water partition coefficient (Wildman–Crippen LogP) is 4.96. The van der Waals surface area contributed by atoms with Crippen LogP contribution in [0.2, 0.25) is 0 Å². The van der Waals surface area contributed by atoms with E-state index in [9.17, 15) is 5.11 Å². The van der Waals surface area contributed by atoms with Crippen LogP contribution in [-0.2, 0) is 4.74 Å². The third-order valence-corrected chi connectivity index (χ3v) is 7.79. The molecule has 0 bridgehead atoms. The normalized spacial score (nSPS) is 48.2. The van der Waals surface area contributed by atoms with Gasteiger partial charge in [0.15, 0.2) is 0 Å². The second-order valence-electron chi connectivity index (χ2n) is 9.26. The minimum Gasteiger partial charge on any atom is -0.386 e. The lowest BCUT2D eigenvalue weighted by atomic mass is 9.61. The van der Waals surface area contributed by atoms with Crippen molar-refractivity contribution in [3.8, 4) is 0 Å². The van der Waals surface area contributed by atoms with Crippen LogP contribution in [0.4, 0.5) is 0 Å². The molecule has 0 radical (unpaired) electrons. The summed E-state index contributed by atoms with van der Waals surface area (Å²) in [4.78, 5) is 0. The molecular weight excluding hydrogens is 284 g/mol. The molecular formula is C21H36O2. The molecule has 0 spiro atoms. The average Bonchev–Trinajstić information content (AvgIpc) is 2.94. The summed E-state index contributed by atoms with van der Waals surface area (Å²) in [6, 6.07) is 0. The molecule has 1 N–H and O–H groups in total. The number of hydrogen-bond donors (Lipinski definition) is 1. The van der Waals surface area contributed by atoms with Crippen molar-refractivity contribution in [2.24, 2.45) is 29.1 Å². The molecule has 132 valence electrons. The van der Waals surface area contributed by atoms with Gasteiger partial charge in [-0.1, -0.05) is 26.3 Å². The lowest BCUT2D eigenvalue weighted by Gasteiger charge is -2.46. The molecule has 3 aliphatic carbocycles. The van der Waals surface area contributed by atoms with E-state index in [0.717, 1.165) is 24.2 Å². The van der Waals surface area contributed by atoms with Crippen molar-refractivity contribution >= 4 is 0 Å². The zero-order valence-corrected chi connectivity index (χ0v) is 15.8. The molecule has 0 amide bonds. The Balaban J connectivity index is 1.68. The van der Waals surface area contributed by atoms with E-state index >= 15 is 0 Å². The van der Waals surface area contributed by atoms with Crippen molar-refractivity contribution in [1.29, 1.82) is 0 Å². The molecule has 0 aromatic rings. The van der Waals surface area contributed by atoms with Crippen molar-refractivity contribution in [3.05, 3.63) is 11.6 Å². The van der Waals surface area contributed by atoms with Crippen LogP contribution in [0.15, 0.2) is 11.6 Å². The van der Waals surface area contributed by atoms with Crippen LogP contribution in [0, 0.1) is 29.1 Å². The van der Waals surface area contributed by atoms with Crippen molar-refractivity contribution in [2.75, 3.05) is 7.11 Å². The highest BCUT2D eigenvalue weighted by atomic mass is 16.5. The van der Waals surface area contributed by atoms with E-state index in [1.54, 1.807) is 0 Å². The fraction of sp³-hybridized carbons (Fsp3) is 0.905. The molecule has 2 fully saturated rings. The van der Waals surface area contributed by atoms with Gasteiger partial charge in [0, 0.05) is 7.11 Å². The van der Waals surface area contributed by atoms with E-state index in [0.29, 0.717) is 17.4 Å². The van der Waals surface area contributed by atoms with Crippen molar-refractivity contribution in [3.63, 3.8) is 0 Å². The van der Waals surface area contributed by atoms with Crippen LogP contribution in [0.25, 0.3) is 0 Å². The van der Waals surface area contributed by atoms with Crippen LogP contribution in [0.5, 0.6) is 0 Å².